The topological polar surface area (TPSA) is 70.5 Å². The number of anilines is 1. The molecule has 3 rings (SSSR count). The monoisotopic (exact) mass is 389 g/mol. The number of aromatic nitrogens is 6. The van der Waals surface area contributed by atoms with Gasteiger partial charge in [-0.2, -0.15) is 10.2 Å². The Balaban J connectivity index is 1.75. The van der Waals surface area contributed by atoms with Crippen molar-refractivity contribution in [3.8, 4) is 0 Å². The molecule has 0 radical (unpaired) electrons. The fraction of sp³-hybridized carbons (Fsp3) is 0.412. The van der Waals surface area contributed by atoms with Gasteiger partial charge < -0.3 is 14.0 Å². The number of aryl methyl sites for hydroxylation is 1. The Morgan fingerprint density at radius 1 is 0.885 bits per heavy atom. The van der Waals surface area contributed by atoms with E-state index in [1.165, 1.54) is 11.3 Å². The van der Waals surface area contributed by atoms with Crippen molar-refractivity contribution in [3.63, 3.8) is 0 Å². The summed E-state index contributed by atoms with van der Waals surface area (Å²) in [6, 6.07) is 8.57. The summed E-state index contributed by atoms with van der Waals surface area (Å²) in [5.41, 5.74) is 2.43. The smallest absolute Gasteiger partial charge is 0.194 e. The second kappa shape index (κ2) is 7.96. The lowest BCUT2D eigenvalue weighted by molar-refractivity contribution is 0.689. The molecule has 0 spiro atoms. The average molecular weight is 390 g/mol. The lowest BCUT2D eigenvalue weighted by Gasteiger charge is -2.24. The van der Waals surface area contributed by atoms with Crippen molar-refractivity contribution >= 4 is 30.1 Å². The first-order chi connectivity index (χ1) is 12.5. The van der Waals surface area contributed by atoms with E-state index in [-0.39, 0.29) is 0 Å². The molecule has 138 valence electrons. The first-order valence-electron chi connectivity index (χ1n) is 8.48. The van der Waals surface area contributed by atoms with Crippen LogP contribution in [0.15, 0.2) is 24.3 Å². The first kappa shape index (κ1) is 18.5. The van der Waals surface area contributed by atoms with E-state index in [2.05, 4.69) is 56.5 Å². The summed E-state index contributed by atoms with van der Waals surface area (Å²) >= 11 is 10.4. The Kier molecular flexibility index (Phi) is 5.67. The van der Waals surface area contributed by atoms with Gasteiger partial charge in [-0.1, -0.05) is 17.7 Å². The van der Waals surface area contributed by atoms with Gasteiger partial charge in [0.25, 0.3) is 0 Å². The van der Waals surface area contributed by atoms with Crippen molar-refractivity contribution in [2.45, 2.75) is 19.8 Å². The van der Waals surface area contributed by atoms with Crippen molar-refractivity contribution < 1.29 is 0 Å². The van der Waals surface area contributed by atoms with Gasteiger partial charge in [-0.25, -0.2) is 0 Å². The first-order valence-corrected chi connectivity index (χ1v) is 9.29. The van der Waals surface area contributed by atoms with Crippen LogP contribution in [0.2, 0.25) is 0 Å². The lowest BCUT2D eigenvalue weighted by atomic mass is 10.2. The van der Waals surface area contributed by atoms with Crippen molar-refractivity contribution in [2.24, 2.45) is 14.1 Å². The number of rotatable bonds is 7. The van der Waals surface area contributed by atoms with Gasteiger partial charge in [-0.05, 0) is 43.5 Å². The molecule has 0 atom stereocenters. The largest absolute Gasteiger partial charge is 0.371 e. The molecule has 1 aromatic carbocycles. The van der Waals surface area contributed by atoms with Crippen molar-refractivity contribution in [3.05, 3.63) is 51.0 Å². The summed E-state index contributed by atoms with van der Waals surface area (Å²) in [6.45, 7) is 3.77. The van der Waals surface area contributed by atoms with Crippen molar-refractivity contribution in [1.82, 2.24) is 29.5 Å². The van der Waals surface area contributed by atoms with Crippen LogP contribution in [0.5, 0.6) is 0 Å². The minimum atomic E-state index is 0.642. The minimum Gasteiger partial charge on any atom is -0.371 e. The number of hydrogen-bond acceptors (Lipinski definition) is 5. The maximum atomic E-state index is 5.20. The summed E-state index contributed by atoms with van der Waals surface area (Å²) in [7, 11) is 3.87. The second-order valence-electron chi connectivity index (χ2n) is 6.33. The molecule has 0 aliphatic carbocycles. The highest BCUT2D eigenvalue weighted by molar-refractivity contribution is 7.71. The molecule has 0 fully saturated rings. The number of aromatic amines is 2. The van der Waals surface area contributed by atoms with Crippen LogP contribution in [0.1, 0.15) is 17.2 Å². The van der Waals surface area contributed by atoms with E-state index in [9.17, 15) is 0 Å². The quantitative estimate of drug-likeness (QED) is 0.608. The summed E-state index contributed by atoms with van der Waals surface area (Å²) in [4.78, 5) is 2.34. The fourth-order valence-electron chi connectivity index (χ4n) is 2.80. The van der Waals surface area contributed by atoms with Gasteiger partial charge in [0.1, 0.15) is 11.6 Å². The summed E-state index contributed by atoms with van der Waals surface area (Å²) in [5, 5.41) is 14.3. The number of H-pyrrole nitrogens is 2. The molecule has 0 unspecified atom stereocenters. The molecule has 2 heterocycles. The molecule has 0 aliphatic rings. The number of nitrogens with one attached hydrogen (secondary N) is 2. The second-order valence-corrected chi connectivity index (χ2v) is 7.10. The summed E-state index contributed by atoms with van der Waals surface area (Å²) in [6.07, 6.45) is 1.60. The highest BCUT2D eigenvalue weighted by Crippen LogP contribution is 2.16. The van der Waals surface area contributed by atoms with Gasteiger partial charge >= 0.3 is 0 Å². The molecule has 0 bridgehead atoms. The van der Waals surface area contributed by atoms with E-state index in [1.807, 2.05) is 23.2 Å². The Morgan fingerprint density at radius 2 is 1.35 bits per heavy atom. The number of nitrogens with zero attached hydrogens (tertiary/aromatic N) is 5. The fourth-order valence-corrected chi connectivity index (χ4v) is 3.10. The van der Waals surface area contributed by atoms with Crippen molar-refractivity contribution in [2.75, 3.05) is 18.0 Å². The summed E-state index contributed by atoms with van der Waals surface area (Å²) < 4.78 is 5.12. The van der Waals surface area contributed by atoms with Crippen LogP contribution in [0.25, 0.3) is 0 Å². The predicted molar refractivity (Wildman–Crippen MR) is 108 cm³/mol. The van der Waals surface area contributed by atoms with Crippen LogP contribution >= 0.6 is 24.4 Å². The average Bonchev–Trinajstić information content (AvgIpc) is 3.12. The van der Waals surface area contributed by atoms with Crippen LogP contribution < -0.4 is 4.90 Å². The maximum absolute atomic E-state index is 5.20. The molecule has 0 aliphatic heterocycles. The predicted octanol–water partition coefficient (Wildman–Crippen LogP) is 2.87. The minimum absolute atomic E-state index is 0.642. The van der Waals surface area contributed by atoms with Crippen molar-refractivity contribution in [1.29, 1.82) is 0 Å². The van der Waals surface area contributed by atoms with E-state index < -0.39 is 0 Å². The van der Waals surface area contributed by atoms with E-state index >= 15 is 0 Å². The van der Waals surface area contributed by atoms with Crippen LogP contribution in [-0.2, 0) is 26.9 Å². The standard InChI is InChI=1S/C17H23N7S2/c1-12-4-6-13(7-5-12)24(10-8-14-18-20-16(25)22(14)2)11-9-15-19-21-17(26)23(15)3/h4-7H,8-11H2,1-3H3,(H,20,25)(H,21,26). The Labute approximate surface area is 162 Å². The Bertz CT molecular complexity index is 919. The molecule has 9 heteroatoms. The number of hydrogen-bond donors (Lipinski definition) is 2. The SMILES string of the molecule is Cc1ccc(N(CCc2n[nH]c(=S)n2C)CCc2n[nH]c(=S)n2C)cc1. The van der Waals surface area contributed by atoms with Gasteiger partial charge in [0.05, 0.1) is 0 Å². The third-order valence-corrected chi connectivity index (χ3v) is 5.28. The van der Waals surface area contributed by atoms with Crippen LogP contribution in [0.4, 0.5) is 5.69 Å². The molecule has 0 amide bonds. The molecule has 2 N–H and O–H groups in total. The number of benzene rings is 1. The van der Waals surface area contributed by atoms with Gasteiger partial charge in [0.2, 0.25) is 0 Å². The molecule has 26 heavy (non-hydrogen) atoms. The van der Waals surface area contributed by atoms with Crippen LogP contribution in [0.3, 0.4) is 0 Å². The van der Waals surface area contributed by atoms with Crippen LogP contribution in [-0.4, -0.2) is 42.6 Å². The van der Waals surface area contributed by atoms with Crippen LogP contribution in [0, 0.1) is 16.5 Å². The Morgan fingerprint density at radius 3 is 1.73 bits per heavy atom. The van der Waals surface area contributed by atoms with Gasteiger partial charge in [-0.15, -0.1) is 0 Å². The molecule has 0 saturated carbocycles. The molecule has 2 aromatic heterocycles. The third kappa shape index (κ3) is 4.10. The highest BCUT2D eigenvalue weighted by atomic mass is 32.1. The van der Waals surface area contributed by atoms with E-state index in [0.717, 1.165) is 37.6 Å². The summed E-state index contributed by atoms with van der Waals surface area (Å²) in [5.74, 6) is 1.90. The zero-order valence-corrected chi connectivity index (χ0v) is 16.8. The molecular weight excluding hydrogens is 366 g/mol. The maximum Gasteiger partial charge on any atom is 0.194 e. The zero-order chi connectivity index (χ0) is 18.7. The normalized spacial score (nSPS) is 11.0. The van der Waals surface area contributed by atoms with E-state index in [4.69, 9.17) is 24.4 Å². The molecular formula is C17H23N7S2. The zero-order valence-electron chi connectivity index (χ0n) is 15.2. The molecule has 3 aromatic rings. The molecule has 7 nitrogen and oxygen atoms in total. The Hall–Kier alpha value is -2.26. The van der Waals surface area contributed by atoms with Gasteiger partial charge in [0, 0.05) is 45.7 Å². The highest BCUT2D eigenvalue weighted by Gasteiger charge is 2.12. The van der Waals surface area contributed by atoms with E-state index in [0.29, 0.717) is 9.54 Å². The van der Waals surface area contributed by atoms with E-state index in [1.54, 1.807) is 0 Å². The molecule has 0 saturated heterocycles. The lowest BCUT2D eigenvalue weighted by Crippen LogP contribution is -2.29. The third-order valence-electron chi connectivity index (χ3n) is 4.55. The van der Waals surface area contributed by atoms with Gasteiger partial charge in [-0.3, -0.25) is 10.2 Å². The van der Waals surface area contributed by atoms with Gasteiger partial charge in [0.15, 0.2) is 9.54 Å².